The van der Waals surface area contributed by atoms with Crippen LogP contribution in [0, 0.1) is 5.92 Å². The molecular formula is C12H25NO2S. The predicted octanol–water partition coefficient (Wildman–Crippen LogP) is 2.31. The van der Waals surface area contributed by atoms with E-state index in [9.17, 15) is 4.79 Å². The minimum Gasteiger partial charge on any atom is -0.381 e. The molecular weight excluding hydrogens is 222 g/mol. The van der Waals surface area contributed by atoms with Gasteiger partial charge < -0.3 is 10.1 Å². The fraction of sp³-hybridized carbons (Fsp3) is 0.917. The molecule has 0 rings (SSSR count). The average Bonchev–Trinajstić information content (AvgIpc) is 2.23. The summed E-state index contributed by atoms with van der Waals surface area (Å²) in [5.74, 6) is 2.74. The van der Waals surface area contributed by atoms with Gasteiger partial charge in [-0.1, -0.05) is 20.8 Å². The van der Waals surface area contributed by atoms with Gasteiger partial charge in [-0.05, 0) is 18.1 Å². The van der Waals surface area contributed by atoms with Crippen LogP contribution in [0.1, 0.15) is 33.6 Å². The van der Waals surface area contributed by atoms with Gasteiger partial charge in [0.2, 0.25) is 5.91 Å². The van der Waals surface area contributed by atoms with Gasteiger partial charge in [-0.25, -0.2) is 0 Å². The van der Waals surface area contributed by atoms with Crippen LogP contribution in [0.15, 0.2) is 0 Å². The molecule has 0 aliphatic rings. The van der Waals surface area contributed by atoms with Crippen LogP contribution in [-0.4, -0.2) is 37.2 Å². The van der Waals surface area contributed by atoms with Gasteiger partial charge in [-0.3, -0.25) is 4.79 Å². The standard InChI is InChI=1S/C12H25NO2S/c1-4-16-9-6-12(14)13-7-5-8-15-10-11(2)3/h11H,4-10H2,1-3H3,(H,13,14). The summed E-state index contributed by atoms with van der Waals surface area (Å²) in [5, 5.41) is 2.90. The largest absolute Gasteiger partial charge is 0.381 e. The lowest BCUT2D eigenvalue weighted by Gasteiger charge is -2.07. The van der Waals surface area contributed by atoms with Crippen molar-refractivity contribution in [1.29, 1.82) is 0 Å². The van der Waals surface area contributed by atoms with Gasteiger partial charge in [0.25, 0.3) is 0 Å². The normalized spacial score (nSPS) is 10.8. The first kappa shape index (κ1) is 15.8. The summed E-state index contributed by atoms with van der Waals surface area (Å²) >= 11 is 1.80. The Morgan fingerprint density at radius 1 is 1.44 bits per heavy atom. The van der Waals surface area contributed by atoms with Crippen LogP contribution in [-0.2, 0) is 9.53 Å². The molecule has 1 N–H and O–H groups in total. The lowest BCUT2D eigenvalue weighted by molar-refractivity contribution is -0.120. The molecule has 0 heterocycles. The predicted molar refractivity (Wildman–Crippen MR) is 70.9 cm³/mol. The zero-order chi connectivity index (χ0) is 12.2. The Morgan fingerprint density at radius 2 is 2.19 bits per heavy atom. The van der Waals surface area contributed by atoms with Crippen molar-refractivity contribution in [2.45, 2.75) is 33.6 Å². The molecule has 96 valence electrons. The molecule has 0 unspecified atom stereocenters. The summed E-state index contributed by atoms with van der Waals surface area (Å²) in [4.78, 5) is 11.3. The highest BCUT2D eigenvalue weighted by molar-refractivity contribution is 7.99. The van der Waals surface area contributed by atoms with Crippen molar-refractivity contribution >= 4 is 17.7 Å². The number of hydrogen-bond acceptors (Lipinski definition) is 3. The van der Waals surface area contributed by atoms with Crippen LogP contribution in [0.5, 0.6) is 0 Å². The molecule has 0 saturated heterocycles. The van der Waals surface area contributed by atoms with Gasteiger partial charge in [0.05, 0.1) is 0 Å². The van der Waals surface area contributed by atoms with E-state index in [0.29, 0.717) is 12.3 Å². The Hall–Kier alpha value is -0.220. The third-order valence-corrected chi connectivity index (χ3v) is 2.82. The lowest BCUT2D eigenvalue weighted by atomic mass is 10.2. The number of nitrogens with one attached hydrogen (secondary N) is 1. The first-order chi connectivity index (χ1) is 7.66. The SMILES string of the molecule is CCSCCC(=O)NCCCOCC(C)C. The van der Waals surface area contributed by atoms with Crippen molar-refractivity contribution in [2.75, 3.05) is 31.3 Å². The molecule has 0 bridgehead atoms. The molecule has 0 saturated carbocycles. The van der Waals surface area contributed by atoms with Crippen LogP contribution in [0.25, 0.3) is 0 Å². The molecule has 0 aromatic rings. The smallest absolute Gasteiger partial charge is 0.220 e. The Labute approximate surface area is 104 Å². The van der Waals surface area contributed by atoms with E-state index in [-0.39, 0.29) is 5.91 Å². The molecule has 16 heavy (non-hydrogen) atoms. The summed E-state index contributed by atoms with van der Waals surface area (Å²) in [6.07, 6.45) is 1.53. The maximum absolute atomic E-state index is 11.3. The van der Waals surface area contributed by atoms with Crippen LogP contribution >= 0.6 is 11.8 Å². The first-order valence-electron chi connectivity index (χ1n) is 6.09. The van der Waals surface area contributed by atoms with Crippen LogP contribution in [0.4, 0.5) is 0 Å². The molecule has 0 spiro atoms. The molecule has 0 aliphatic heterocycles. The monoisotopic (exact) mass is 247 g/mol. The number of carbonyl (C=O) groups excluding carboxylic acids is 1. The quantitative estimate of drug-likeness (QED) is 0.602. The van der Waals surface area contributed by atoms with Crippen molar-refractivity contribution in [1.82, 2.24) is 5.32 Å². The number of carbonyl (C=O) groups is 1. The van der Waals surface area contributed by atoms with Gasteiger partial charge in [-0.15, -0.1) is 0 Å². The fourth-order valence-corrected chi connectivity index (χ4v) is 1.74. The van der Waals surface area contributed by atoms with E-state index in [0.717, 1.165) is 37.7 Å². The molecule has 0 aliphatic carbocycles. The number of hydrogen-bond donors (Lipinski definition) is 1. The third kappa shape index (κ3) is 11.9. The second kappa shape index (κ2) is 11.3. The molecule has 0 fully saturated rings. The van der Waals surface area contributed by atoms with E-state index in [1.165, 1.54) is 0 Å². The molecule has 0 aromatic carbocycles. The molecule has 0 radical (unpaired) electrons. The van der Waals surface area contributed by atoms with Crippen molar-refractivity contribution < 1.29 is 9.53 Å². The van der Waals surface area contributed by atoms with E-state index >= 15 is 0 Å². The lowest BCUT2D eigenvalue weighted by Crippen LogP contribution is -2.25. The van der Waals surface area contributed by atoms with Gasteiger partial charge in [0, 0.05) is 31.9 Å². The van der Waals surface area contributed by atoms with Crippen LogP contribution in [0.2, 0.25) is 0 Å². The molecule has 3 nitrogen and oxygen atoms in total. The summed E-state index contributed by atoms with van der Waals surface area (Å²) in [6, 6.07) is 0. The maximum atomic E-state index is 11.3. The summed E-state index contributed by atoms with van der Waals surface area (Å²) in [5.41, 5.74) is 0. The van der Waals surface area contributed by atoms with E-state index in [2.05, 4.69) is 26.1 Å². The van der Waals surface area contributed by atoms with Crippen molar-refractivity contribution in [2.24, 2.45) is 5.92 Å². The van der Waals surface area contributed by atoms with Crippen molar-refractivity contribution in [3.63, 3.8) is 0 Å². The second-order valence-electron chi connectivity index (χ2n) is 4.12. The van der Waals surface area contributed by atoms with E-state index in [1.807, 2.05) is 0 Å². The zero-order valence-electron chi connectivity index (χ0n) is 10.8. The molecule has 0 aromatic heterocycles. The van der Waals surface area contributed by atoms with Gasteiger partial charge in [-0.2, -0.15) is 11.8 Å². The molecule has 1 amide bonds. The number of ether oxygens (including phenoxy) is 1. The molecule has 0 atom stereocenters. The number of rotatable bonds is 10. The topological polar surface area (TPSA) is 38.3 Å². The average molecular weight is 247 g/mol. The van der Waals surface area contributed by atoms with Crippen LogP contribution < -0.4 is 5.32 Å². The van der Waals surface area contributed by atoms with Gasteiger partial charge >= 0.3 is 0 Å². The second-order valence-corrected chi connectivity index (χ2v) is 5.51. The summed E-state index contributed by atoms with van der Waals surface area (Å²) < 4.78 is 5.42. The summed E-state index contributed by atoms with van der Waals surface area (Å²) in [6.45, 7) is 8.64. The van der Waals surface area contributed by atoms with E-state index in [1.54, 1.807) is 11.8 Å². The highest BCUT2D eigenvalue weighted by Crippen LogP contribution is 2.00. The Bertz CT molecular complexity index is 174. The Morgan fingerprint density at radius 3 is 2.81 bits per heavy atom. The fourth-order valence-electron chi connectivity index (χ4n) is 1.12. The van der Waals surface area contributed by atoms with Gasteiger partial charge in [0.15, 0.2) is 0 Å². The maximum Gasteiger partial charge on any atom is 0.220 e. The number of amides is 1. The first-order valence-corrected chi connectivity index (χ1v) is 7.24. The van der Waals surface area contributed by atoms with Crippen molar-refractivity contribution in [3.8, 4) is 0 Å². The highest BCUT2D eigenvalue weighted by atomic mass is 32.2. The zero-order valence-corrected chi connectivity index (χ0v) is 11.6. The summed E-state index contributed by atoms with van der Waals surface area (Å²) in [7, 11) is 0. The Kier molecular flexibility index (Phi) is 11.1. The minimum absolute atomic E-state index is 0.157. The van der Waals surface area contributed by atoms with Crippen molar-refractivity contribution in [3.05, 3.63) is 0 Å². The minimum atomic E-state index is 0.157. The Balaban J connectivity index is 3.15. The third-order valence-electron chi connectivity index (χ3n) is 1.92. The van der Waals surface area contributed by atoms with Gasteiger partial charge in [0.1, 0.15) is 0 Å². The van der Waals surface area contributed by atoms with E-state index < -0.39 is 0 Å². The van der Waals surface area contributed by atoms with E-state index in [4.69, 9.17) is 4.74 Å². The van der Waals surface area contributed by atoms with Crippen LogP contribution in [0.3, 0.4) is 0 Å². The number of thioether (sulfide) groups is 1. The highest BCUT2D eigenvalue weighted by Gasteiger charge is 1.99. The molecule has 4 heteroatoms.